The number of nitrogens with zero attached hydrogens (tertiary/aromatic N) is 1. The second kappa shape index (κ2) is 9.09. The fourth-order valence-electron chi connectivity index (χ4n) is 3.27. The summed E-state index contributed by atoms with van der Waals surface area (Å²) in [5.41, 5.74) is 4.05. The molecule has 1 atom stereocenters. The lowest BCUT2D eigenvalue weighted by Gasteiger charge is -2.26. The summed E-state index contributed by atoms with van der Waals surface area (Å²) in [6.45, 7) is 4.18. The van der Waals surface area contributed by atoms with Crippen molar-refractivity contribution in [3.05, 3.63) is 59.7 Å². The number of unbranched alkanes of at least 4 members (excludes halogenated alkanes) is 1. The van der Waals surface area contributed by atoms with Crippen LogP contribution in [0.25, 0.3) is 0 Å². The first-order valence-corrected chi connectivity index (χ1v) is 10.6. The van der Waals surface area contributed by atoms with Gasteiger partial charge >= 0.3 is 0 Å². The Morgan fingerprint density at radius 1 is 1.15 bits per heavy atom. The maximum Gasteiger partial charge on any atom is 0.238 e. The minimum Gasteiger partial charge on any atom is -0.326 e. The Balaban J connectivity index is 1.78. The Hall–Kier alpha value is -2.27. The van der Waals surface area contributed by atoms with E-state index in [1.807, 2.05) is 47.4 Å². The summed E-state index contributed by atoms with van der Waals surface area (Å²) in [5.74, 6) is 0.675. The Bertz CT molecular complexity index is 804. The fraction of sp³-hybridized carbons (Fsp3) is 0.364. The van der Waals surface area contributed by atoms with Crippen molar-refractivity contribution >= 4 is 35.0 Å². The maximum atomic E-state index is 12.6. The highest BCUT2D eigenvalue weighted by molar-refractivity contribution is 8.00. The molecule has 0 unspecified atom stereocenters. The van der Waals surface area contributed by atoms with Crippen LogP contribution in [0.5, 0.6) is 0 Å². The molecule has 0 saturated carbocycles. The van der Waals surface area contributed by atoms with Crippen LogP contribution in [-0.2, 0) is 16.0 Å². The normalized spacial score (nSPS) is 16.6. The molecule has 1 N–H and O–H groups in total. The van der Waals surface area contributed by atoms with Crippen LogP contribution < -0.4 is 10.2 Å². The molecule has 2 amide bonds. The smallest absolute Gasteiger partial charge is 0.238 e. The van der Waals surface area contributed by atoms with Gasteiger partial charge in [-0.3, -0.25) is 14.5 Å². The van der Waals surface area contributed by atoms with E-state index in [2.05, 4.69) is 25.2 Å². The zero-order chi connectivity index (χ0) is 19.2. The number of anilines is 2. The van der Waals surface area contributed by atoms with E-state index in [9.17, 15) is 9.59 Å². The number of hydrogen-bond donors (Lipinski definition) is 1. The molecule has 142 valence electrons. The van der Waals surface area contributed by atoms with Crippen molar-refractivity contribution in [1.82, 2.24) is 0 Å². The molecule has 0 radical (unpaired) electrons. The number of hydrogen-bond acceptors (Lipinski definition) is 3. The van der Waals surface area contributed by atoms with Crippen molar-refractivity contribution in [1.29, 1.82) is 0 Å². The molecule has 0 spiro atoms. The highest BCUT2D eigenvalue weighted by Crippen LogP contribution is 2.43. The van der Waals surface area contributed by atoms with Crippen molar-refractivity contribution in [2.45, 2.75) is 44.9 Å². The Morgan fingerprint density at radius 3 is 2.59 bits per heavy atom. The number of aryl methyl sites for hydroxylation is 1. The highest BCUT2D eigenvalue weighted by Gasteiger charge is 2.34. The number of para-hydroxylation sites is 1. The summed E-state index contributed by atoms with van der Waals surface area (Å²) < 4.78 is 0. The highest BCUT2D eigenvalue weighted by atomic mass is 32.2. The summed E-state index contributed by atoms with van der Waals surface area (Å²) in [5, 5.41) is 2.91. The van der Waals surface area contributed by atoms with E-state index in [4.69, 9.17) is 0 Å². The first kappa shape index (κ1) is 19.5. The van der Waals surface area contributed by atoms with Crippen LogP contribution in [0.1, 0.15) is 49.6 Å². The molecule has 0 aliphatic carbocycles. The van der Waals surface area contributed by atoms with Gasteiger partial charge in [0.2, 0.25) is 11.8 Å². The van der Waals surface area contributed by atoms with Crippen LogP contribution >= 0.6 is 11.8 Å². The molecule has 1 aliphatic rings. The Kier molecular flexibility index (Phi) is 6.56. The third kappa shape index (κ3) is 4.53. The minimum atomic E-state index is -0.0324. The monoisotopic (exact) mass is 382 g/mol. The van der Waals surface area contributed by atoms with Crippen molar-refractivity contribution in [3.63, 3.8) is 0 Å². The lowest BCUT2D eigenvalue weighted by Crippen LogP contribution is -2.28. The van der Waals surface area contributed by atoms with Crippen LogP contribution in [0.2, 0.25) is 0 Å². The van der Waals surface area contributed by atoms with Gasteiger partial charge in [-0.25, -0.2) is 0 Å². The van der Waals surface area contributed by atoms with Crippen LogP contribution in [0, 0.1) is 0 Å². The maximum absolute atomic E-state index is 12.6. The predicted octanol–water partition coefficient (Wildman–Crippen LogP) is 5.16. The van der Waals surface area contributed by atoms with Crippen LogP contribution in [0.4, 0.5) is 11.4 Å². The van der Waals surface area contributed by atoms with Crippen molar-refractivity contribution < 1.29 is 9.59 Å². The SMILES string of the molecule is CCCCC(=O)Nc1ccc([C@@H]2SCC(=O)N2c2ccccc2CC)cc1. The lowest BCUT2D eigenvalue weighted by atomic mass is 10.1. The Labute approximate surface area is 165 Å². The zero-order valence-electron chi connectivity index (χ0n) is 15.9. The van der Waals surface area contributed by atoms with E-state index in [0.29, 0.717) is 12.2 Å². The third-order valence-corrected chi connectivity index (χ3v) is 5.95. The lowest BCUT2D eigenvalue weighted by molar-refractivity contribution is -0.116. The zero-order valence-corrected chi connectivity index (χ0v) is 16.7. The van der Waals surface area contributed by atoms with E-state index in [-0.39, 0.29) is 17.2 Å². The number of carbonyl (C=O) groups is 2. The van der Waals surface area contributed by atoms with E-state index < -0.39 is 0 Å². The number of rotatable bonds is 7. The molecule has 0 aromatic heterocycles. The number of thioether (sulfide) groups is 1. The fourth-order valence-corrected chi connectivity index (χ4v) is 4.44. The summed E-state index contributed by atoms with van der Waals surface area (Å²) in [4.78, 5) is 26.4. The second-order valence-electron chi connectivity index (χ2n) is 6.68. The number of amides is 2. The van der Waals surface area contributed by atoms with Gasteiger partial charge < -0.3 is 5.32 Å². The van der Waals surface area contributed by atoms with Gasteiger partial charge in [-0.1, -0.05) is 50.6 Å². The van der Waals surface area contributed by atoms with Crippen LogP contribution in [0.3, 0.4) is 0 Å². The quantitative estimate of drug-likeness (QED) is 0.720. The number of carbonyl (C=O) groups excluding carboxylic acids is 2. The predicted molar refractivity (Wildman–Crippen MR) is 113 cm³/mol. The van der Waals surface area contributed by atoms with E-state index in [1.54, 1.807) is 11.8 Å². The van der Waals surface area contributed by atoms with Crippen molar-refractivity contribution in [2.24, 2.45) is 0 Å². The van der Waals surface area contributed by atoms with Gasteiger partial charge in [0.15, 0.2) is 0 Å². The molecule has 2 aromatic rings. The van der Waals surface area contributed by atoms with Gasteiger partial charge in [-0.2, -0.15) is 0 Å². The minimum absolute atomic E-state index is 0.0324. The van der Waals surface area contributed by atoms with Crippen molar-refractivity contribution in [2.75, 3.05) is 16.0 Å². The topological polar surface area (TPSA) is 49.4 Å². The molecule has 4 nitrogen and oxygen atoms in total. The molecule has 1 aliphatic heterocycles. The van der Waals surface area contributed by atoms with Gasteiger partial charge in [0, 0.05) is 17.8 Å². The third-order valence-electron chi connectivity index (χ3n) is 4.74. The molecule has 5 heteroatoms. The second-order valence-corrected chi connectivity index (χ2v) is 7.75. The molecule has 2 aromatic carbocycles. The molecule has 3 rings (SSSR count). The molecular formula is C22H26N2O2S. The van der Waals surface area contributed by atoms with Crippen molar-refractivity contribution in [3.8, 4) is 0 Å². The van der Waals surface area contributed by atoms with Crippen LogP contribution in [-0.4, -0.2) is 17.6 Å². The van der Waals surface area contributed by atoms with Gasteiger partial charge in [0.05, 0.1) is 5.75 Å². The molecule has 0 bridgehead atoms. The number of benzene rings is 2. The summed E-state index contributed by atoms with van der Waals surface area (Å²) in [7, 11) is 0. The number of nitrogens with one attached hydrogen (secondary N) is 1. The van der Waals surface area contributed by atoms with E-state index in [1.165, 1.54) is 5.56 Å². The van der Waals surface area contributed by atoms with E-state index in [0.717, 1.165) is 36.2 Å². The molecular weight excluding hydrogens is 356 g/mol. The van der Waals surface area contributed by atoms with Gasteiger partial charge in [-0.15, -0.1) is 11.8 Å². The summed E-state index contributed by atoms with van der Waals surface area (Å²) in [6, 6.07) is 16.0. The summed E-state index contributed by atoms with van der Waals surface area (Å²) in [6.07, 6.45) is 3.35. The summed E-state index contributed by atoms with van der Waals surface area (Å²) >= 11 is 1.65. The largest absolute Gasteiger partial charge is 0.326 e. The van der Waals surface area contributed by atoms with Gasteiger partial charge in [0.25, 0.3) is 0 Å². The average molecular weight is 383 g/mol. The van der Waals surface area contributed by atoms with Gasteiger partial charge in [-0.05, 0) is 42.2 Å². The first-order valence-electron chi connectivity index (χ1n) is 9.55. The van der Waals surface area contributed by atoms with E-state index >= 15 is 0 Å². The molecule has 27 heavy (non-hydrogen) atoms. The van der Waals surface area contributed by atoms with Crippen LogP contribution in [0.15, 0.2) is 48.5 Å². The molecule has 1 saturated heterocycles. The molecule has 1 heterocycles. The Morgan fingerprint density at radius 2 is 1.89 bits per heavy atom. The molecule has 1 fully saturated rings. The first-order chi connectivity index (χ1) is 13.1. The standard InChI is InChI=1S/C22H26N2O2S/c1-3-5-10-20(25)23-18-13-11-17(12-14-18)22-24(21(26)15-27-22)19-9-7-6-8-16(19)4-2/h6-9,11-14,22H,3-5,10,15H2,1-2H3,(H,23,25)/t22-/m0/s1. The van der Waals surface area contributed by atoms with Gasteiger partial charge in [0.1, 0.15) is 5.37 Å². The average Bonchev–Trinajstić information content (AvgIpc) is 3.08.